The van der Waals surface area contributed by atoms with Crippen molar-refractivity contribution in [2.45, 2.75) is 251 Å². The molecular weight excluding hydrogens is 689 g/mol. The van der Waals surface area contributed by atoms with Crippen molar-refractivity contribution in [1.82, 2.24) is 20.9 Å². The molecule has 0 aromatic rings. The molecule has 0 radical (unpaired) electrons. The van der Waals surface area contributed by atoms with Gasteiger partial charge in [0.05, 0.1) is 6.04 Å². The number of amides is 1. The van der Waals surface area contributed by atoms with Crippen molar-refractivity contribution in [2.75, 3.05) is 58.9 Å². The summed E-state index contributed by atoms with van der Waals surface area (Å²) in [5, 5.41) is 10.8. The summed E-state index contributed by atoms with van der Waals surface area (Å²) in [7, 11) is 0. The predicted octanol–water partition coefficient (Wildman–Crippen LogP) is 12.0. The quantitative estimate of drug-likeness (QED) is 0.0393. The van der Waals surface area contributed by atoms with Crippen LogP contribution in [0.5, 0.6) is 0 Å². The molecule has 0 rings (SSSR count). The number of nitrogens with one attached hydrogen (secondary N) is 3. The maximum absolute atomic E-state index is 14.0. The van der Waals surface area contributed by atoms with Gasteiger partial charge in [-0.05, 0) is 77.8 Å². The minimum Gasteiger partial charge on any atom is -0.340 e. The molecule has 1 unspecified atom stereocenters. The van der Waals surface area contributed by atoms with Gasteiger partial charge in [-0.25, -0.2) is 0 Å². The van der Waals surface area contributed by atoms with Crippen LogP contribution >= 0.6 is 0 Å². The number of unbranched alkanes of at least 4 members (excludes halogenated alkanes) is 30. The van der Waals surface area contributed by atoms with Crippen LogP contribution < -0.4 is 27.4 Å². The molecule has 0 aromatic carbocycles. The van der Waals surface area contributed by atoms with E-state index in [1.807, 2.05) is 0 Å². The molecule has 0 saturated heterocycles. The smallest absolute Gasteiger partial charge is 0.239 e. The van der Waals surface area contributed by atoms with E-state index in [9.17, 15) is 4.79 Å². The van der Waals surface area contributed by atoms with Crippen LogP contribution in [0.15, 0.2) is 0 Å². The maximum Gasteiger partial charge on any atom is 0.239 e. The van der Waals surface area contributed by atoms with E-state index in [0.717, 1.165) is 84.5 Å². The average molecular weight is 793 g/mol. The Balaban J connectivity index is 4.38. The fourth-order valence-electron chi connectivity index (χ4n) is 8.01. The number of hydrogen-bond acceptors (Lipinski definition) is 6. The fourth-order valence-corrected chi connectivity index (χ4v) is 8.01. The Morgan fingerprint density at radius 3 is 1.16 bits per heavy atom. The molecule has 0 bridgehead atoms. The molecule has 0 saturated carbocycles. The van der Waals surface area contributed by atoms with E-state index in [4.69, 9.17) is 11.5 Å². The third-order valence-corrected chi connectivity index (χ3v) is 11.8. The number of nitrogens with zero attached hydrogens (tertiary/aromatic N) is 1. The standard InChI is InChI=1S/C49H104N6O/c1-3-5-7-9-11-13-15-17-19-21-23-25-27-29-31-33-41-53-45-47-55(49(56)48(54-44-37-40-51)38-35-42-52-43-36-39-50)46-34-32-30-28-26-24-22-20-18-16-14-12-10-8-6-4-2/h48,52-54H,3-47,50-51H2,1-2H3. The van der Waals surface area contributed by atoms with Crippen molar-refractivity contribution in [2.24, 2.45) is 11.5 Å². The summed E-state index contributed by atoms with van der Waals surface area (Å²) in [6.07, 6.45) is 48.2. The molecule has 0 heterocycles. The van der Waals surface area contributed by atoms with Gasteiger partial charge in [0.15, 0.2) is 0 Å². The second-order valence-corrected chi connectivity index (χ2v) is 17.4. The van der Waals surface area contributed by atoms with Crippen molar-refractivity contribution in [3.05, 3.63) is 0 Å². The Bertz CT molecular complexity index is 739. The Morgan fingerprint density at radius 2 is 0.732 bits per heavy atom. The first-order chi connectivity index (χ1) is 27.7. The van der Waals surface area contributed by atoms with Crippen LogP contribution in [0, 0.1) is 0 Å². The minimum absolute atomic E-state index is 0.126. The normalized spacial score (nSPS) is 12.1. The van der Waals surface area contributed by atoms with Crippen LogP contribution in [0.4, 0.5) is 0 Å². The first kappa shape index (κ1) is 55.3. The molecular formula is C49H104N6O. The molecule has 0 aliphatic rings. The zero-order valence-electron chi connectivity index (χ0n) is 38.4. The number of carbonyl (C=O) groups excluding carboxylic acids is 1. The summed E-state index contributed by atoms with van der Waals surface area (Å²) in [4.78, 5) is 16.2. The van der Waals surface area contributed by atoms with Gasteiger partial charge in [-0.2, -0.15) is 0 Å². The third kappa shape index (κ3) is 41.4. The van der Waals surface area contributed by atoms with Crippen LogP contribution in [-0.2, 0) is 4.79 Å². The highest BCUT2D eigenvalue weighted by molar-refractivity contribution is 5.81. The molecule has 0 aliphatic heterocycles. The molecule has 336 valence electrons. The van der Waals surface area contributed by atoms with Crippen LogP contribution in [0.1, 0.15) is 245 Å². The topological polar surface area (TPSA) is 108 Å². The first-order valence-electron chi connectivity index (χ1n) is 25.5. The molecule has 0 spiro atoms. The number of nitrogens with two attached hydrogens (primary N) is 2. The lowest BCUT2D eigenvalue weighted by Gasteiger charge is -2.28. The SMILES string of the molecule is CCCCCCCCCCCCCCCCCCNCCN(CCCCCCCCCCCCCCCCCC)C(=O)C(CCCNCCCN)NCCCN. The Labute approximate surface area is 352 Å². The highest BCUT2D eigenvalue weighted by atomic mass is 16.2. The van der Waals surface area contributed by atoms with Gasteiger partial charge in [0.2, 0.25) is 5.91 Å². The van der Waals surface area contributed by atoms with Crippen LogP contribution in [0.3, 0.4) is 0 Å². The highest BCUT2D eigenvalue weighted by Gasteiger charge is 2.23. The molecule has 0 aromatic heterocycles. The number of rotatable bonds is 49. The molecule has 0 aliphatic carbocycles. The second-order valence-electron chi connectivity index (χ2n) is 17.4. The Morgan fingerprint density at radius 1 is 0.393 bits per heavy atom. The molecule has 1 amide bonds. The minimum atomic E-state index is -0.126. The van der Waals surface area contributed by atoms with E-state index in [1.165, 1.54) is 199 Å². The van der Waals surface area contributed by atoms with Gasteiger partial charge >= 0.3 is 0 Å². The van der Waals surface area contributed by atoms with Gasteiger partial charge in [0.1, 0.15) is 0 Å². The molecule has 7 nitrogen and oxygen atoms in total. The van der Waals surface area contributed by atoms with Crippen molar-refractivity contribution in [1.29, 1.82) is 0 Å². The van der Waals surface area contributed by atoms with E-state index in [0.29, 0.717) is 6.54 Å². The lowest BCUT2D eigenvalue weighted by molar-refractivity contribution is -0.133. The average Bonchev–Trinajstić information content (AvgIpc) is 3.21. The molecule has 56 heavy (non-hydrogen) atoms. The van der Waals surface area contributed by atoms with Gasteiger partial charge < -0.3 is 32.3 Å². The van der Waals surface area contributed by atoms with Crippen molar-refractivity contribution < 1.29 is 4.79 Å². The first-order valence-corrected chi connectivity index (χ1v) is 25.5. The van der Waals surface area contributed by atoms with Gasteiger partial charge in [-0.3, -0.25) is 4.79 Å². The molecule has 0 fully saturated rings. The van der Waals surface area contributed by atoms with Crippen molar-refractivity contribution in [3.8, 4) is 0 Å². The highest BCUT2D eigenvalue weighted by Crippen LogP contribution is 2.16. The summed E-state index contributed by atoms with van der Waals surface area (Å²) in [5.41, 5.74) is 11.5. The lowest BCUT2D eigenvalue weighted by Crippen LogP contribution is -2.49. The lowest BCUT2D eigenvalue weighted by atomic mass is 10.0. The van der Waals surface area contributed by atoms with Gasteiger partial charge in [-0.1, -0.05) is 206 Å². The predicted molar refractivity (Wildman–Crippen MR) is 250 cm³/mol. The summed E-state index contributed by atoms with van der Waals surface area (Å²) in [6, 6.07) is -0.126. The van der Waals surface area contributed by atoms with Crippen molar-refractivity contribution in [3.63, 3.8) is 0 Å². The van der Waals surface area contributed by atoms with Crippen LogP contribution in [0.2, 0.25) is 0 Å². The van der Waals surface area contributed by atoms with Gasteiger partial charge in [-0.15, -0.1) is 0 Å². The van der Waals surface area contributed by atoms with Crippen LogP contribution in [-0.4, -0.2) is 75.8 Å². The Hall–Kier alpha value is -0.730. The largest absolute Gasteiger partial charge is 0.340 e. The Kier molecular flexibility index (Phi) is 48.0. The monoisotopic (exact) mass is 793 g/mol. The van der Waals surface area contributed by atoms with Crippen molar-refractivity contribution >= 4 is 5.91 Å². The van der Waals surface area contributed by atoms with Gasteiger partial charge in [0.25, 0.3) is 0 Å². The maximum atomic E-state index is 14.0. The fraction of sp³-hybridized carbons (Fsp3) is 0.980. The zero-order chi connectivity index (χ0) is 40.7. The molecule has 7 N–H and O–H groups in total. The van der Waals surface area contributed by atoms with E-state index < -0.39 is 0 Å². The molecule has 1 atom stereocenters. The second kappa shape index (κ2) is 48.6. The molecule has 7 heteroatoms. The van der Waals surface area contributed by atoms with Crippen LogP contribution in [0.25, 0.3) is 0 Å². The number of hydrogen-bond donors (Lipinski definition) is 5. The summed E-state index contributed by atoms with van der Waals surface area (Å²) >= 11 is 0. The summed E-state index contributed by atoms with van der Waals surface area (Å²) in [6.45, 7) is 12.3. The van der Waals surface area contributed by atoms with E-state index in [1.54, 1.807) is 0 Å². The number of carbonyl (C=O) groups is 1. The third-order valence-electron chi connectivity index (χ3n) is 11.8. The summed E-state index contributed by atoms with van der Waals surface area (Å²) < 4.78 is 0. The zero-order valence-corrected chi connectivity index (χ0v) is 38.4. The van der Waals surface area contributed by atoms with Gasteiger partial charge in [0, 0.05) is 19.6 Å². The van der Waals surface area contributed by atoms with E-state index in [-0.39, 0.29) is 11.9 Å². The van der Waals surface area contributed by atoms with E-state index in [2.05, 4.69) is 34.7 Å². The van der Waals surface area contributed by atoms with E-state index >= 15 is 0 Å². The summed E-state index contributed by atoms with van der Waals surface area (Å²) in [5.74, 6) is 0.286.